The first-order valence-corrected chi connectivity index (χ1v) is 6.60. The molecule has 0 spiro atoms. The summed E-state index contributed by atoms with van der Waals surface area (Å²) in [5.41, 5.74) is 0.217. The van der Waals surface area contributed by atoms with Crippen molar-refractivity contribution in [2.24, 2.45) is 0 Å². The zero-order chi connectivity index (χ0) is 15.2. The molecule has 0 saturated heterocycles. The number of aromatic amines is 1. The summed E-state index contributed by atoms with van der Waals surface area (Å²) in [4.78, 5) is 26.6. The first-order valence-electron chi connectivity index (χ1n) is 6.60. The highest BCUT2D eigenvalue weighted by Gasteiger charge is 2.25. The molecule has 1 rings (SSSR count). The van der Waals surface area contributed by atoms with E-state index in [9.17, 15) is 9.59 Å². The molecule has 1 aromatic heterocycles. The normalized spacial score (nSPS) is 12.6. The van der Waals surface area contributed by atoms with Crippen LogP contribution >= 0.6 is 0 Å². The number of rotatable bonds is 5. The van der Waals surface area contributed by atoms with Crippen LogP contribution in [0.15, 0.2) is 18.3 Å². The summed E-state index contributed by atoms with van der Waals surface area (Å²) in [6, 6.07) is 2.89. The Kier molecular flexibility index (Phi) is 5.61. The van der Waals surface area contributed by atoms with E-state index >= 15 is 0 Å². The van der Waals surface area contributed by atoms with E-state index in [1.54, 1.807) is 33.9 Å². The third kappa shape index (κ3) is 5.77. The van der Waals surface area contributed by atoms with Gasteiger partial charge in [0.2, 0.25) is 0 Å². The largest absolute Gasteiger partial charge is 0.464 e. The maximum atomic E-state index is 11.9. The lowest BCUT2D eigenvalue weighted by Crippen LogP contribution is -2.45. The zero-order valence-electron chi connectivity index (χ0n) is 12.4. The van der Waals surface area contributed by atoms with Gasteiger partial charge < -0.3 is 19.8 Å². The molecule has 0 saturated carbocycles. The van der Waals surface area contributed by atoms with Gasteiger partial charge in [0, 0.05) is 18.3 Å². The van der Waals surface area contributed by atoms with Gasteiger partial charge in [0.1, 0.15) is 11.6 Å². The molecule has 20 heavy (non-hydrogen) atoms. The molecule has 6 heteroatoms. The first-order chi connectivity index (χ1) is 9.31. The van der Waals surface area contributed by atoms with Gasteiger partial charge in [-0.15, -0.1) is 0 Å². The summed E-state index contributed by atoms with van der Waals surface area (Å²) in [6.07, 6.45) is 1.44. The van der Waals surface area contributed by atoms with Crippen LogP contribution in [-0.4, -0.2) is 35.3 Å². The SMILES string of the molecule is CCOC(=O)C(Cc1ccc[nH]1)NC(=O)OC(C)(C)C. The van der Waals surface area contributed by atoms with Crippen LogP contribution in [0.4, 0.5) is 4.79 Å². The number of esters is 1. The van der Waals surface area contributed by atoms with Gasteiger partial charge in [0.15, 0.2) is 0 Å². The molecular formula is C14H22N2O4. The molecule has 0 aromatic carbocycles. The number of alkyl carbamates (subject to hydrolysis) is 1. The summed E-state index contributed by atoms with van der Waals surface area (Å²) in [5.74, 6) is -0.479. The summed E-state index contributed by atoms with van der Waals surface area (Å²) >= 11 is 0. The van der Waals surface area contributed by atoms with E-state index in [2.05, 4.69) is 10.3 Å². The number of aromatic nitrogens is 1. The van der Waals surface area contributed by atoms with Crippen molar-refractivity contribution >= 4 is 12.1 Å². The second-order valence-corrected chi connectivity index (χ2v) is 5.35. The van der Waals surface area contributed by atoms with Crippen molar-refractivity contribution in [3.63, 3.8) is 0 Å². The van der Waals surface area contributed by atoms with E-state index in [-0.39, 0.29) is 6.61 Å². The van der Waals surface area contributed by atoms with Crippen molar-refractivity contribution in [2.75, 3.05) is 6.61 Å². The Morgan fingerprint density at radius 1 is 1.40 bits per heavy atom. The lowest BCUT2D eigenvalue weighted by atomic mass is 10.1. The van der Waals surface area contributed by atoms with E-state index in [4.69, 9.17) is 9.47 Å². The fraction of sp³-hybridized carbons (Fsp3) is 0.571. The molecule has 0 aliphatic carbocycles. The third-order valence-corrected chi connectivity index (χ3v) is 2.35. The van der Waals surface area contributed by atoms with Crippen LogP contribution in [0.2, 0.25) is 0 Å². The molecule has 1 aromatic rings. The molecule has 112 valence electrons. The maximum Gasteiger partial charge on any atom is 0.408 e. The molecule has 1 amide bonds. The van der Waals surface area contributed by atoms with Crippen molar-refractivity contribution in [3.05, 3.63) is 24.0 Å². The maximum absolute atomic E-state index is 11.9. The molecule has 1 atom stereocenters. The number of hydrogen-bond acceptors (Lipinski definition) is 4. The molecule has 2 N–H and O–H groups in total. The van der Waals surface area contributed by atoms with Crippen LogP contribution in [0.3, 0.4) is 0 Å². The Bertz CT molecular complexity index is 435. The van der Waals surface area contributed by atoms with E-state index < -0.39 is 23.7 Å². The standard InChI is InChI=1S/C14H22N2O4/c1-5-19-12(17)11(9-10-7-6-8-15-10)16-13(18)20-14(2,3)4/h6-8,11,15H,5,9H2,1-4H3,(H,16,18). The third-order valence-electron chi connectivity index (χ3n) is 2.35. The number of ether oxygens (including phenoxy) is 2. The minimum absolute atomic E-state index is 0.260. The van der Waals surface area contributed by atoms with Crippen molar-refractivity contribution in [1.82, 2.24) is 10.3 Å². The zero-order valence-corrected chi connectivity index (χ0v) is 12.4. The fourth-order valence-electron chi connectivity index (χ4n) is 1.60. The average Bonchev–Trinajstić information content (AvgIpc) is 2.78. The van der Waals surface area contributed by atoms with E-state index in [0.29, 0.717) is 6.42 Å². The summed E-state index contributed by atoms with van der Waals surface area (Å²) in [6.45, 7) is 7.26. The summed E-state index contributed by atoms with van der Waals surface area (Å²) in [7, 11) is 0. The highest BCUT2D eigenvalue weighted by Crippen LogP contribution is 2.08. The van der Waals surface area contributed by atoms with Crippen molar-refractivity contribution in [2.45, 2.75) is 45.8 Å². The number of amides is 1. The summed E-state index contributed by atoms with van der Waals surface area (Å²) in [5, 5.41) is 2.54. The molecule has 1 heterocycles. The molecule has 1 unspecified atom stereocenters. The van der Waals surface area contributed by atoms with Crippen LogP contribution < -0.4 is 5.32 Å². The van der Waals surface area contributed by atoms with Gasteiger partial charge >= 0.3 is 12.1 Å². The Morgan fingerprint density at radius 3 is 2.60 bits per heavy atom. The monoisotopic (exact) mass is 282 g/mol. The molecule has 0 aliphatic rings. The van der Waals surface area contributed by atoms with Crippen molar-refractivity contribution in [3.8, 4) is 0 Å². The van der Waals surface area contributed by atoms with Crippen molar-refractivity contribution < 1.29 is 19.1 Å². The van der Waals surface area contributed by atoms with Gasteiger partial charge in [-0.05, 0) is 39.8 Å². The quantitative estimate of drug-likeness (QED) is 0.810. The molecule has 0 radical (unpaired) electrons. The number of hydrogen-bond donors (Lipinski definition) is 2. The topological polar surface area (TPSA) is 80.4 Å². The second-order valence-electron chi connectivity index (χ2n) is 5.35. The Labute approximate surface area is 118 Å². The Balaban J connectivity index is 2.67. The van der Waals surface area contributed by atoms with Crippen LogP contribution in [0.25, 0.3) is 0 Å². The first kappa shape index (κ1) is 16.1. The second kappa shape index (κ2) is 6.98. The van der Waals surface area contributed by atoms with Crippen LogP contribution in [0.1, 0.15) is 33.4 Å². The van der Waals surface area contributed by atoms with Gasteiger partial charge in [-0.25, -0.2) is 9.59 Å². The van der Waals surface area contributed by atoms with Crippen molar-refractivity contribution in [1.29, 1.82) is 0 Å². The smallest absolute Gasteiger partial charge is 0.408 e. The van der Waals surface area contributed by atoms with Gasteiger partial charge in [0.25, 0.3) is 0 Å². The minimum atomic E-state index is -0.775. The highest BCUT2D eigenvalue weighted by molar-refractivity contribution is 5.81. The number of H-pyrrole nitrogens is 1. The molecule has 6 nitrogen and oxygen atoms in total. The molecule has 0 aliphatic heterocycles. The van der Waals surface area contributed by atoms with Crippen LogP contribution in [0, 0.1) is 0 Å². The van der Waals surface area contributed by atoms with Crippen LogP contribution in [0.5, 0.6) is 0 Å². The van der Waals surface area contributed by atoms with E-state index in [0.717, 1.165) is 5.69 Å². The predicted octanol–water partition coefficient (Wildman–Crippen LogP) is 2.01. The van der Waals surface area contributed by atoms with E-state index in [1.807, 2.05) is 12.1 Å². The Morgan fingerprint density at radius 2 is 2.10 bits per heavy atom. The predicted molar refractivity (Wildman–Crippen MR) is 74.3 cm³/mol. The van der Waals surface area contributed by atoms with Gasteiger partial charge in [0.05, 0.1) is 6.61 Å². The van der Waals surface area contributed by atoms with Gasteiger partial charge in [-0.2, -0.15) is 0 Å². The minimum Gasteiger partial charge on any atom is -0.464 e. The van der Waals surface area contributed by atoms with Crippen LogP contribution in [-0.2, 0) is 20.7 Å². The fourth-order valence-corrected chi connectivity index (χ4v) is 1.60. The van der Waals surface area contributed by atoms with Gasteiger partial charge in [-0.1, -0.05) is 0 Å². The van der Waals surface area contributed by atoms with Gasteiger partial charge in [-0.3, -0.25) is 0 Å². The lowest BCUT2D eigenvalue weighted by molar-refractivity contribution is -0.145. The Hall–Kier alpha value is -1.98. The summed E-state index contributed by atoms with van der Waals surface area (Å²) < 4.78 is 10.1. The van der Waals surface area contributed by atoms with E-state index in [1.165, 1.54) is 0 Å². The highest BCUT2D eigenvalue weighted by atomic mass is 16.6. The molecular weight excluding hydrogens is 260 g/mol. The number of nitrogens with one attached hydrogen (secondary N) is 2. The number of carbonyl (C=O) groups excluding carboxylic acids is 2. The molecule has 0 fully saturated rings. The number of carbonyl (C=O) groups is 2. The molecule has 0 bridgehead atoms. The average molecular weight is 282 g/mol. The lowest BCUT2D eigenvalue weighted by Gasteiger charge is -2.22.